The highest BCUT2D eigenvalue weighted by Gasteiger charge is 2.67. The van der Waals surface area contributed by atoms with E-state index in [0.717, 1.165) is 0 Å². The molecule has 0 aliphatic carbocycles. The number of hydrogen-bond donors (Lipinski definition) is 3. The molecule has 2 saturated heterocycles. The van der Waals surface area contributed by atoms with Crippen LogP contribution in [-0.2, 0) is 40.5 Å². The number of tetrazole rings is 1. The summed E-state index contributed by atoms with van der Waals surface area (Å²) in [5, 5.41) is 26.5. The monoisotopic (exact) mass is 793 g/mol. The van der Waals surface area contributed by atoms with Gasteiger partial charge >= 0.3 is 23.8 Å². The molecule has 18 nitrogen and oxygen atoms in total. The number of thioether (sulfide) groups is 2. The Balaban J connectivity index is 1.27. The van der Waals surface area contributed by atoms with Crippen molar-refractivity contribution in [3.8, 4) is 0 Å². The summed E-state index contributed by atoms with van der Waals surface area (Å²) in [7, 11) is 2.88. The van der Waals surface area contributed by atoms with E-state index in [9.17, 15) is 33.9 Å². The molecule has 4 heterocycles. The quantitative estimate of drug-likeness (QED) is 0.0703. The molecule has 1 aromatic heterocycles. The van der Waals surface area contributed by atoms with Gasteiger partial charge in [-0.1, -0.05) is 72.4 Å². The van der Waals surface area contributed by atoms with Crippen LogP contribution in [0.2, 0.25) is 0 Å². The highest BCUT2D eigenvalue weighted by Crippen LogP contribution is 2.48. The molecule has 290 valence electrons. The van der Waals surface area contributed by atoms with Gasteiger partial charge in [-0.05, 0) is 41.0 Å². The number of amides is 6. The van der Waals surface area contributed by atoms with Crippen LogP contribution in [0.4, 0.5) is 4.79 Å². The van der Waals surface area contributed by atoms with E-state index in [0.29, 0.717) is 26.8 Å². The number of aromatic nitrogens is 4. The smallest absolute Gasteiger partial charge is 0.356 e. The largest absolute Gasteiger partial charge is 0.448 e. The summed E-state index contributed by atoms with van der Waals surface area (Å²) in [6.07, 6.45) is -2.35. The third-order valence-corrected chi connectivity index (χ3v) is 11.8. The number of esters is 1. The number of methoxy groups -OCH3 is 1. The van der Waals surface area contributed by atoms with Crippen molar-refractivity contribution in [2.75, 3.05) is 38.2 Å². The van der Waals surface area contributed by atoms with Crippen LogP contribution < -0.4 is 10.6 Å². The molecule has 0 bridgehead atoms. The van der Waals surface area contributed by atoms with Gasteiger partial charge in [-0.25, -0.2) is 14.3 Å². The number of likely N-dealkylation sites (N-methyl/N-ethyl adjacent to an activating group) is 1. The maximum Gasteiger partial charge on any atom is 0.356 e. The number of aliphatic hydroxyl groups excluding tert-OH is 1. The topological polar surface area (TPSA) is 218 Å². The fourth-order valence-corrected chi connectivity index (χ4v) is 8.76. The minimum Gasteiger partial charge on any atom is -0.448 e. The van der Waals surface area contributed by atoms with Crippen molar-refractivity contribution >= 4 is 59.2 Å². The summed E-state index contributed by atoms with van der Waals surface area (Å²) in [5.74, 6) is -4.15. The number of carbonyl (C=O) groups excluding carboxylic acids is 6. The van der Waals surface area contributed by atoms with Crippen molar-refractivity contribution in [1.82, 2.24) is 45.5 Å². The lowest BCUT2D eigenvalue weighted by Crippen LogP contribution is -2.81. The van der Waals surface area contributed by atoms with Gasteiger partial charge in [0.1, 0.15) is 17.1 Å². The van der Waals surface area contributed by atoms with E-state index >= 15 is 0 Å². The zero-order valence-electron chi connectivity index (χ0n) is 30.3. The molecule has 6 amide bonds. The maximum atomic E-state index is 14.4. The molecule has 3 aliphatic rings. The van der Waals surface area contributed by atoms with Crippen molar-refractivity contribution in [1.29, 1.82) is 0 Å². The summed E-state index contributed by atoms with van der Waals surface area (Å²) in [5.41, 5.74) is -0.134. The Kier molecular flexibility index (Phi) is 11.9. The summed E-state index contributed by atoms with van der Waals surface area (Å²) < 4.78 is 13.4. The average molecular weight is 794 g/mol. The summed E-state index contributed by atoms with van der Waals surface area (Å²) >= 11 is 2.47. The zero-order valence-corrected chi connectivity index (χ0v) is 31.9. The van der Waals surface area contributed by atoms with Gasteiger partial charge in [0.05, 0.1) is 6.10 Å². The minimum atomic E-state index is -2.03. The lowest BCUT2D eigenvalue weighted by atomic mass is 9.97. The van der Waals surface area contributed by atoms with Crippen molar-refractivity contribution in [3.63, 3.8) is 0 Å². The van der Waals surface area contributed by atoms with E-state index in [-0.39, 0.29) is 36.8 Å². The molecule has 2 fully saturated rings. The summed E-state index contributed by atoms with van der Waals surface area (Å²) in [6.45, 7) is 3.18. The molecule has 0 spiro atoms. The number of rotatable bonds is 13. The summed E-state index contributed by atoms with van der Waals surface area (Å²) in [4.78, 5) is 83.8. The number of hydrogen-bond acceptors (Lipinski definition) is 14. The molecule has 6 rings (SSSR count). The molecule has 0 saturated carbocycles. The minimum absolute atomic E-state index is 0.0371. The van der Waals surface area contributed by atoms with Gasteiger partial charge in [0, 0.05) is 45.3 Å². The molecule has 20 heteroatoms. The maximum absolute atomic E-state index is 14.4. The van der Waals surface area contributed by atoms with Gasteiger partial charge in [0.15, 0.2) is 6.10 Å². The first kappa shape index (κ1) is 39.4. The molecule has 4 unspecified atom stereocenters. The second-order valence-electron chi connectivity index (χ2n) is 12.7. The normalized spacial score (nSPS) is 20.9. The molecule has 3 N–H and O–H groups in total. The number of imide groups is 1. The van der Waals surface area contributed by atoms with E-state index in [4.69, 9.17) is 9.47 Å². The second-order valence-corrected chi connectivity index (χ2v) is 14.7. The Morgan fingerprint density at radius 1 is 1.04 bits per heavy atom. The van der Waals surface area contributed by atoms with Crippen molar-refractivity contribution in [2.24, 2.45) is 7.05 Å². The third kappa shape index (κ3) is 7.66. The van der Waals surface area contributed by atoms with E-state index in [2.05, 4.69) is 26.2 Å². The number of nitrogens with one attached hydrogen (secondary N) is 2. The van der Waals surface area contributed by atoms with Gasteiger partial charge in [-0.15, -0.1) is 16.9 Å². The Morgan fingerprint density at radius 2 is 1.69 bits per heavy atom. The number of piperazine rings is 1. The Bertz CT molecular complexity index is 1960. The lowest BCUT2D eigenvalue weighted by Gasteiger charge is -2.56. The van der Waals surface area contributed by atoms with Crippen LogP contribution in [0.25, 0.3) is 0 Å². The van der Waals surface area contributed by atoms with Crippen LogP contribution in [0.1, 0.15) is 31.1 Å². The van der Waals surface area contributed by atoms with Crippen LogP contribution >= 0.6 is 23.5 Å². The van der Waals surface area contributed by atoms with Crippen molar-refractivity contribution in [2.45, 2.75) is 48.4 Å². The fourth-order valence-electron chi connectivity index (χ4n) is 6.33. The van der Waals surface area contributed by atoms with Crippen LogP contribution in [0.15, 0.2) is 77.1 Å². The van der Waals surface area contributed by atoms with Crippen LogP contribution in [0, 0.1) is 0 Å². The Labute approximate surface area is 323 Å². The summed E-state index contributed by atoms with van der Waals surface area (Å²) in [6, 6.07) is 15.5. The number of fused-ring (bicyclic) bond motifs is 1. The molecule has 3 aliphatic heterocycles. The van der Waals surface area contributed by atoms with E-state index in [1.807, 2.05) is 60.7 Å². The first-order valence-corrected chi connectivity index (χ1v) is 19.2. The first-order valence-electron chi connectivity index (χ1n) is 17.2. The number of carbonyl (C=O) groups is 6. The molecular weight excluding hydrogens is 755 g/mol. The first-order chi connectivity index (χ1) is 26.4. The number of aliphatic hydroxyl groups is 1. The molecule has 55 heavy (non-hydrogen) atoms. The SMILES string of the molecule is CCN1CCN(C(=O)NC(C(=O)NC2(OC)C(=O)N3C(C(=O)OC(c4ccccc4)c4ccccc4)=C(CSc4nnnn4C)CSC32)C(C)O)C(=O)C1=O. The molecule has 3 aromatic rings. The second kappa shape index (κ2) is 16.6. The number of benzene rings is 2. The molecule has 2 aromatic carbocycles. The third-order valence-electron chi connectivity index (χ3n) is 9.30. The van der Waals surface area contributed by atoms with Crippen molar-refractivity contribution in [3.05, 3.63) is 83.1 Å². The highest BCUT2D eigenvalue weighted by molar-refractivity contribution is 8.01. The molecule has 4 atom stereocenters. The van der Waals surface area contributed by atoms with Gasteiger partial charge in [-0.2, -0.15) is 0 Å². The lowest BCUT2D eigenvalue weighted by molar-refractivity contribution is -0.193. The molecular formula is C35H39N9O9S2. The van der Waals surface area contributed by atoms with Gasteiger partial charge in [0.2, 0.25) is 11.1 Å². The number of β-lactam (4-membered cyclic amide) rings is 1. The van der Waals surface area contributed by atoms with E-state index < -0.39 is 65.0 Å². The number of nitrogens with zero attached hydrogens (tertiary/aromatic N) is 7. The van der Waals surface area contributed by atoms with E-state index in [1.165, 1.54) is 52.0 Å². The van der Waals surface area contributed by atoms with Crippen LogP contribution in [0.3, 0.4) is 0 Å². The van der Waals surface area contributed by atoms with Crippen LogP contribution in [0.5, 0.6) is 0 Å². The molecule has 0 radical (unpaired) electrons. The zero-order chi connectivity index (χ0) is 39.4. The van der Waals surface area contributed by atoms with E-state index in [1.54, 1.807) is 14.0 Å². The Morgan fingerprint density at radius 3 is 2.25 bits per heavy atom. The Hall–Kier alpha value is -5.31. The van der Waals surface area contributed by atoms with Gasteiger partial charge < -0.3 is 30.1 Å². The average Bonchev–Trinajstić information content (AvgIpc) is 3.61. The standard InChI is InChI=1S/C35H39N9O9S2/c1-5-42-16-17-43(29(48)28(42)47)33(51)36-24(20(2)45)27(46)37-35(52-4)31(50)44-25(23(18-54-32(35)44)19-55-34-38-39-40-41(34)3)30(49)53-26(21-12-8-6-9-13-21)22-14-10-7-11-15-22/h6-15,20,24,26,32,45H,5,16-19H2,1-4H3,(H,36,51)(H,37,46). The number of urea groups is 1. The van der Waals surface area contributed by atoms with Gasteiger partial charge in [-0.3, -0.25) is 29.0 Å². The van der Waals surface area contributed by atoms with Crippen LogP contribution in [-0.4, -0.2) is 137 Å². The van der Waals surface area contributed by atoms with Gasteiger partial charge in [0.25, 0.3) is 11.6 Å². The number of aryl methyl sites for hydroxylation is 1. The highest BCUT2D eigenvalue weighted by atomic mass is 32.2. The predicted octanol–water partition coefficient (Wildman–Crippen LogP) is 0.413. The number of ether oxygens (including phenoxy) is 2. The predicted molar refractivity (Wildman–Crippen MR) is 196 cm³/mol. The fraction of sp³-hybridized carbons (Fsp3) is 0.400. The van der Waals surface area contributed by atoms with Crippen molar-refractivity contribution < 1.29 is 43.3 Å².